The molecule has 150 valence electrons. The van der Waals surface area contributed by atoms with Gasteiger partial charge in [-0.3, -0.25) is 4.79 Å². The molecule has 1 aliphatic heterocycles. The Morgan fingerprint density at radius 3 is 2.46 bits per heavy atom. The van der Waals surface area contributed by atoms with Gasteiger partial charge < -0.3 is 5.32 Å². The highest BCUT2D eigenvalue weighted by Gasteiger charge is 2.34. The number of carbonyl (C=O) groups excluding carboxylic acids is 1. The van der Waals surface area contributed by atoms with E-state index < -0.39 is 21.8 Å². The number of halogens is 1. The van der Waals surface area contributed by atoms with Crippen molar-refractivity contribution in [3.8, 4) is 0 Å². The number of nitrogens with zero attached hydrogens (tertiary/aromatic N) is 1. The van der Waals surface area contributed by atoms with E-state index in [0.29, 0.717) is 41.1 Å². The molecule has 2 aromatic carbocycles. The maximum absolute atomic E-state index is 13.3. The molecule has 2 aromatic rings. The lowest BCUT2D eigenvalue weighted by Crippen LogP contribution is -2.44. The zero-order valence-corrected chi connectivity index (χ0v) is 17.1. The first-order valence-corrected chi connectivity index (χ1v) is 10.8. The van der Waals surface area contributed by atoms with Crippen LogP contribution >= 0.6 is 0 Å². The van der Waals surface area contributed by atoms with E-state index in [-0.39, 0.29) is 12.5 Å². The van der Waals surface area contributed by atoms with Gasteiger partial charge in [-0.05, 0) is 62.9 Å². The van der Waals surface area contributed by atoms with Crippen molar-refractivity contribution in [3.63, 3.8) is 0 Å². The van der Waals surface area contributed by atoms with Crippen LogP contribution in [0.1, 0.15) is 29.5 Å². The largest absolute Gasteiger partial charge is 0.326 e. The van der Waals surface area contributed by atoms with E-state index in [4.69, 9.17) is 0 Å². The third-order valence-corrected chi connectivity index (χ3v) is 7.22. The zero-order valence-electron chi connectivity index (χ0n) is 16.3. The molecule has 0 aliphatic carbocycles. The van der Waals surface area contributed by atoms with Crippen LogP contribution in [0.25, 0.3) is 0 Å². The first-order valence-electron chi connectivity index (χ1n) is 9.33. The summed E-state index contributed by atoms with van der Waals surface area (Å²) in [5, 5.41) is 2.69. The summed E-state index contributed by atoms with van der Waals surface area (Å²) in [6.07, 6.45) is 1.20. The van der Waals surface area contributed by atoms with Gasteiger partial charge in [-0.25, -0.2) is 12.8 Å². The van der Waals surface area contributed by atoms with Crippen molar-refractivity contribution < 1.29 is 17.6 Å². The standard InChI is InChI=1S/C21H25FN2O3S/c1-14-10-15(2)20(16(3)11-14)28(26,27)24-9-5-6-17(13-24)21(25)23-19-8-4-7-18(22)12-19/h4,7-8,10-12,17H,5-6,9,13H2,1-3H3,(H,23,25)/t17-/m1/s1. The highest BCUT2D eigenvalue weighted by Crippen LogP contribution is 2.29. The quantitative estimate of drug-likeness (QED) is 0.843. The van der Waals surface area contributed by atoms with Crippen LogP contribution in [0.2, 0.25) is 0 Å². The molecule has 1 fully saturated rings. The number of nitrogens with one attached hydrogen (secondary N) is 1. The molecular weight excluding hydrogens is 379 g/mol. The number of sulfonamides is 1. The number of anilines is 1. The van der Waals surface area contributed by atoms with Crippen molar-refractivity contribution in [2.45, 2.75) is 38.5 Å². The van der Waals surface area contributed by atoms with Crippen molar-refractivity contribution in [3.05, 3.63) is 58.9 Å². The molecule has 5 nitrogen and oxygen atoms in total. The molecule has 28 heavy (non-hydrogen) atoms. The molecular formula is C21H25FN2O3S. The van der Waals surface area contributed by atoms with Crippen LogP contribution in [-0.4, -0.2) is 31.7 Å². The number of hydrogen-bond acceptors (Lipinski definition) is 3. The SMILES string of the molecule is Cc1cc(C)c(S(=O)(=O)N2CCC[C@@H](C(=O)Nc3cccc(F)c3)C2)c(C)c1. The number of piperidine rings is 1. The van der Waals surface area contributed by atoms with Gasteiger partial charge in [0, 0.05) is 18.8 Å². The Hall–Kier alpha value is -2.25. The predicted molar refractivity (Wildman–Crippen MR) is 107 cm³/mol. The summed E-state index contributed by atoms with van der Waals surface area (Å²) in [6.45, 7) is 6.04. The van der Waals surface area contributed by atoms with Crippen LogP contribution in [0, 0.1) is 32.5 Å². The number of amides is 1. The molecule has 1 atom stereocenters. The number of benzene rings is 2. The Labute approximate surface area is 165 Å². The zero-order chi connectivity index (χ0) is 20.5. The van der Waals surface area contributed by atoms with Gasteiger partial charge in [0.15, 0.2) is 0 Å². The number of rotatable bonds is 4. The molecule has 0 radical (unpaired) electrons. The number of carbonyl (C=O) groups is 1. The van der Waals surface area contributed by atoms with E-state index in [1.165, 1.54) is 22.5 Å². The molecule has 0 spiro atoms. The van der Waals surface area contributed by atoms with E-state index in [2.05, 4.69) is 5.32 Å². The second-order valence-corrected chi connectivity index (χ2v) is 9.30. The van der Waals surface area contributed by atoms with Gasteiger partial charge in [-0.1, -0.05) is 23.8 Å². The van der Waals surface area contributed by atoms with E-state index in [1.807, 2.05) is 19.1 Å². The van der Waals surface area contributed by atoms with Crippen molar-refractivity contribution in [1.82, 2.24) is 4.31 Å². The first kappa shape index (κ1) is 20.5. The lowest BCUT2D eigenvalue weighted by atomic mass is 9.98. The maximum Gasteiger partial charge on any atom is 0.243 e. The van der Waals surface area contributed by atoms with Gasteiger partial charge >= 0.3 is 0 Å². The number of aryl methyl sites for hydroxylation is 3. The van der Waals surface area contributed by atoms with Gasteiger partial charge in [-0.2, -0.15) is 4.31 Å². The molecule has 1 aliphatic rings. The van der Waals surface area contributed by atoms with Crippen molar-refractivity contribution in [1.29, 1.82) is 0 Å². The summed E-state index contributed by atoms with van der Waals surface area (Å²) in [5.74, 6) is -1.20. The van der Waals surface area contributed by atoms with Gasteiger partial charge in [0.25, 0.3) is 0 Å². The molecule has 1 saturated heterocycles. The van der Waals surface area contributed by atoms with Crippen LogP contribution in [0.5, 0.6) is 0 Å². The Morgan fingerprint density at radius 1 is 1.14 bits per heavy atom. The summed E-state index contributed by atoms with van der Waals surface area (Å²) in [5.41, 5.74) is 2.81. The van der Waals surface area contributed by atoms with Crippen LogP contribution in [-0.2, 0) is 14.8 Å². The fourth-order valence-corrected chi connectivity index (χ4v) is 5.82. The third kappa shape index (κ3) is 4.25. The van der Waals surface area contributed by atoms with Gasteiger partial charge in [0.1, 0.15) is 5.82 Å². The smallest absolute Gasteiger partial charge is 0.243 e. The average Bonchev–Trinajstić information content (AvgIpc) is 2.60. The fraction of sp³-hybridized carbons (Fsp3) is 0.381. The van der Waals surface area contributed by atoms with Crippen molar-refractivity contribution in [2.24, 2.45) is 5.92 Å². The van der Waals surface area contributed by atoms with Crippen LogP contribution in [0.15, 0.2) is 41.3 Å². The molecule has 0 unspecified atom stereocenters. The normalized spacial score (nSPS) is 18.1. The van der Waals surface area contributed by atoms with Crippen molar-refractivity contribution in [2.75, 3.05) is 18.4 Å². The van der Waals surface area contributed by atoms with Gasteiger partial charge in [-0.15, -0.1) is 0 Å². The minimum Gasteiger partial charge on any atom is -0.326 e. The fourth-order valence-electron chi connectivity index (χ4n) is 3.89. The van der Waals surface area contributed by atoms with E-state index in [0.717, 1.165) is 5.56 Å². The Bertz CT molecular complexity index is 981. The molecule has 1 amide bonds. The van der Waals surface area contributed by atoms with Crippen LogP contribution < -0.4 is 5.32 Å². The molecule has 0 saturated carbocycles. The Morgan fingerprint density at radius 2 is 1.82 bits per heavy atom. The minimum atomic E-state index is -3.69. The van der Waals surface area contributed by atoms with Gasteiger partial charge in [0.2, 0.25) is 15.9 Å². The lowest BCUT2D eigenvalue weighted by molar-refractivity contribution is -0.120. The topological polar surface area (TPSA) is 66.5 Å². The summed E-state index contributed by atoms with van der Waals surface area (Å²) in [4.78, 5) is 12.9. The van der Waals surface area contributed by atoms with E-state index >= 15 is 0 Å². The molecule has 1 heterocycles. The highest BCUT2D eigenvalue weighted by molar-refractivity contribution is 7.89. The summed E-state index contributed by atoms with van der Waals surface area (Å²) in [7, 11) is -3.69. The minimum absolute atomic E-state index is 0.121. The predicted octanol–water partition coefficient (Wildman–Crippen LogP) is 3.79. The summed E-state index contributed by atoms with van der Waals surface area (Å²) >= 11 is 0. The first-order chi connectivity index (χ1) is 13.2. The number of hydrogen-bond donors (Lipinski definition) is 1. The van der Waals surface area contributed by atoms with Gasteiger partial charge in [0.05, 0.1) is 10.8 Å². The summed E-state index contributed by atoms with van der Waals surface area (Å²) in [6, 6.07) is 9.39. The van der Waals surface area contributed by atoms with Crippen LogP contribution in [0.3, 0.4) is 0 Å². The summed E-state index contributed by atoms with van der Waals surface area (Å²) < 4.78 is 41.2. The molecule has 0 aromatic heterocycles. The molecule has 1 N–H and O–H groups in total. The molecule has 3 rings (SSSR count). The molecule has 7 heteroatoms. The monoisotopic (exact) mass is 404 g/mol. The van der Waals surface area contributed by atoms with E-state index in [1.54, 1.807) is 19.9 Å². The second-order valence-electron chi connectivity index (χ2n) is 7.43. The molecule has 0 bridgehead atoms. The van der Waals surface area contributed by atoms with Crippen LogP contribution in [0.4, 0.5) is 10.1 Å². The van der Waals surface area contributed by atoms with E-state index in [9.17, 15) is 17.6 Å². The highest BCUT2D eigenvalue weighted by atomic mass is 32.2. The van der Waals surface area contributed by atoms with Crippen molar-refractivity contribution >= 4 is 21.6 Å². The Kier molecular flexibility index (Phi) is 5.86. The maximum atomic E-state index is 13.3. The Balaban J connectivity index is 1.80. The average molecular weight is 405 g/mol. The third-order valence-electron chi connectivity index (χ3n) is 5.05. The second kappa shape index (κ2) is 8.01. The lowest BCUT2D eigenvalue weighted by Gasteiger charge is -2.32.